The summed E-state index contributed by atoms with van der Waals surface area (Å²) < 4.78 is 153. The van der Waals surface area contributed by atoms with Gasteiger partial charge in [-0.1, -0.05) is 109 Å². The number of hydrogen-bond acceptors (Lipinski definition) is 15. The molecule has 10 atom stereocenters. The Morgan fingerprint density at radius 2 is 1.04 bits per heavy atom. The number of aliphatic hydroxyl groups is 1. The summed E-state index contributed by atoms with van der Waals surface area (Å²) in [7, 11) is -3.23. The van der Waals surface area contributed by atoms with Crippen LogP contribution >= 0.6 is 0 Å². The predicted octanol–water partition coefficient (Wildman–Crippen LogP) is 4.94. The monoisotopic (exact) mass is 1100 g/mol. The summed E-state index contributed by atoms with van der Waals surface area (Å²) in [6, 6.07) is -2.69. The fourth-order valence-corrected chi connectivity index (χ4v) is 8.40. The molecule has 73 heavy (non-hydrogen) atoms. The molecule has 4 saturated heterocycles. The van der Waals surface area contributed by atoms with Crippen molar-refractivity contribution in [2.75, 3.05) is 45.9 Å². The Morgan fingerprint density at radius 1 is 0.658 bits per heavy atom. The number of fused-ring (bicyclic) bond motifs is 2. The third-order valence-corrected chi connectivity index (χ3v) is 12.2. The topological polar surface area (TPSA) is 205 Å². The van der Waals surface area contributed by atoms with Crippen molar-refractivity contribution in [2.45, 2.75) is 223 Å². The molecule has 0 aromatic heterocycles. The first-order chi connectivity index (χ1) is 33.7. The van der Waals surface area contributed by atoms with E-state index >= 15 is 0 Å². The van der Waals surface area contributed by atoms with Gasteiger partial charge in [0, 0.05) is 6.61 Å². The van der Waals surface area contributed by atoms with E-state index in [0.29, 0.717) is 13.2 Å². The van der Waals surface area contributed by atoms with Gasteiger partial charge in [0.15, 0.2) is 24.2 Å². The first-order valence-electron chi connectivity index (χ1n) is 25.0. The van der Waals surface area contributed by atoms with Crippen molar-refractivity contribution in [1.82, 2.24) is 10.6 Å². The number of carbonyl (C=O) groups excluding carboxylic acids is 2. The quantitative estimate of drug-likeness (QED) is 0.0328. The molecule has 3 N–H and O–H groups in total. The zero-order valence-electron chi connectivity index (χ0n) is 45.0. The number of carbonyl (C=O) groups is 2. The molecule has 4 heterocycles. The average Bonchev–Trinajstić information content (AvgIpc) is 3.28. The molecule has 0 bridgehead atoms. The van der Waals surface area contributed by atoms with Crippen LogP contribution in [-0.2, 0) is 66.5 Å². The Labute approximate surface area is 452 Å². The molecule has 0 unspecified atom stereocenters. The summed E-state index contributed by atoms with van der Waals surface area (Å²) >= 11 is 0. The van der Waals surface area contributed by atoms with E-state index in [-0.39, 0.29) is 57.4 Å². The van der Waals surface area contributed by atoms with Crippen LogP contribution in [0.3, 0.4) is 0 Å². The van der Waals surface area contributed by atoms with E-state index in [9.17, 15) is 49.5 Å². The second kappa shape index (κ2) is 34.4. The molecule has 4 aliphatic heterocycles. The van der Waals surface area contributed by atoms with E-state index in [4.69, 9.17) is 42.6 Å². The molecule has 4 fully saturated rings. The van der Waals surface area contributed by atoms with Gasteiger partial charge in [0.2, 0.25) is 0 Å². The Morgan fingerprint density at radius 3 is 1.47 bits per heavy atom. The van der Waals surface area contributed by atoms with Crippen LogP contribution in [-0.4, -0.2) is 156 Å². The molecule has 0 radical (unpaired) electrons. The van der Waals surface area contributed by atoms with Gasteiger partial charge in [-0.05, 0) is 40.5 Å². The van der Waals surface area contributed by atoms with E-state index in [0.717, 1.165) is 44.8 Å². The van der Waals surface area contributed by atoms with Crippen LogP contribution < -0.4 is 40.2 Å². The smallest absolute Gasteiger partial charge is 1.00 e. The van der Waals surface area contributed by atoms with Crippen LogP contribution in [0.5, 0.6) is 0 Å². The fraction of sp³-hybridized carbons (Fsp3) is 0.875. The molecule has 2 amide bonds. The van der Waals surface area contributed by atoms with Gasteiger partial charge in [-0.2, -0.15) is 34.8 Å². The second-order valence-corrected chi connectivity index (χ2v) is 20.5. The van der Waals surface area contributed by atoms with Crippen molar-refractivity contribution >= 4 is 21.9 Å². The van der Waals surface area contributed by atoms with E-state index < -0.39 is 107 Å². The van der Waals surface area contributed by atoms with E-state index in [2.05, 4.69) is 31.2 Å². The van der Waals surface area contributed by atoms with Crippen LogP contribution in [0.1, 0.15) is 139 Å². The standard InChI is InChI=1S/C23H38F3NO6.C14H20F3NO6.C11H24O3S.Na.H/c1-5-7-8-9-10-11-12-14-29-19-17(27-21(28)23(24,25)26)20(30-13-6-2)32-16-15-31-22(3,4)33-18(16)19;1-4-5-21-11-8(18-12(20)14(15,16)17)9(19)10-7(23-11)6-22-13(2,3)24-10;1-3-4-5-6-7-8-9-10-11-14-15(2,12)13;;/h6,16-20H,2,5,7-15H2,1,3-4H3,(H,27,28);4,7-11,19H,1,5-6H2,2-3H3,(H,18,20);3-11H2,1-2H3;;/q;;;+1;-1/t16-,17-,18-,19-,20+;7-,8-,9-,10-,11+;;;/m11.../s1. The number of halogens is 6. The van der Waals surface area contributed by atoms with Crippen LogP contribution in [0.15, 0.2) is 25.3 Å². The molecular weight excluding hydrogens is 1010 g/mol. The number of rotatable bonds is 27. The first-order valence-corrected chi connectivity index (χ1v) is 26.8. The number of amides is 2. The predicted molar refractivity (Wildman–Crippen MR) is 254 cm³/mol. The number of hydrogen-bond donors (Lipinski definition) is 3. The van der Waals surface area contributed by atoms with Crippen molar-refractivity contribution in [3.63, 3.8) is 0 Å². The third-order valence-electron chi connectivity index (χ3n) is 11.6. The number of nitrogens with one attached hydrogen (secondary N) is 2. The summed E-state index contributed by atoms with van der Waals surface area (Å²) in [4.78, 5) is 23.0. The Balaban J connectivity index is 0.00000114. The maximum absolute atomic E-state index is 13.0. The molecule has 0 aromatic carbocycles. The largest absolute Gasteiger partial charge is 1.00 e. The normalized spacial score (nSPS) is 27.5. The van der Waals surface area contributed by atoms with Crippen molar-refractivity contribution in [1.29, 1.82) is 0 Å². The van der Waals surface area contributed by atoms with Crippen molar-refractivity contribution in [3.05, 3.63) is 25.3 Å². The second-order valence-electron chi connectivity index (χ2n) is 18.9. The van der Waals surface area contributed by atoms with Gasteiger partial charge in [0.25, 0.3) is 10.1 Å². The molecule has 17 nitrogen and oxygen atoms in total. The Hall–Kier alpha value is -1.49. The van der Waals surface area contributed by atoms with Crippen molar-refractivity contribution in [3.8, 4) is 0 Å². The molecule has 424 valence electrons. The number of alkyl halides is 6. The van der Waals surface area contributed by atoms with Crippen LogP contribution in [0.25, 0.3) is 0 Å². The maximum Gasteiger partial charge on any atom is 1.00 e. The molecule has 0 aromatic rings. The number of ether oxygens (including phenoxy) is 9. The van der Waals surface area contributed by atoms with Gasteiger partial charge in [-0.25, -0.2) is 0 Å². The van der Waals surface area contributed by atoms with Crippen LogP contribution in [0.4, 0.5) is 26.3 Å². The molecule has 0 aliphatic carbocycles. The molecule has 0 spiro atoms. The average molecular weight is 1100 g/mol. The minimum Gasteiger partial charge on any atom is -1.00 e. The van der Waals surface area contributed by atoms with Gasteiger partial charge < -0.3 is 59.8 Å². The fourth-order valence-electron chi connectivity index (χ4n) is 7.98. The summed E-state index contributed by atoms with van der Waals surface area (Å²) in [5, 5.41) is 14.2. The minimum atomic E-state index is -5.10. The van der Waals surface area contributed by atoms with E-state index in [1.54, 1.807) is 33.0 Å². The molecule has 0 saturated carbocycles. The Kier molecular flexibility index (Phi) is 32.8. The van der Waals surface area contributed by atoms with Gasteiger partial charge in [0.1, 0.15) is 48.7 Å². The van der Waals surface area contributed by atoms with Crippen LogP contribution in [0.2, 0.25) is 0 Å². The van der Waals surface area contributed by atoms with Gasteiger partial charge >= 0.3 is 53.7 Å². The van der Waals surface area contributed by atoms with Crippen molar-refractivity contribution < 1.29 is 127 Å². The number of unbranched alkanes of at least 4 members (excludes halogenated alkanes) is 13. The summed E-state index contributed by atoms with van der Waals surface area (Å²) in [5.74, 6) is -6.30. The van der Waals surface area contributed by atoms with Gasteiger partial charge in [0.05, 0.1) is 39.3 Å². The zero-order chi connectivity index (χ0) is 54.2. The summed E-state index contributed by atoms with van der Waals surface area (Å²) in [5.41, 5.74) is 0. The maximum atomic E-state index is 13.0. The van der Waals surface area contributed by atoms with Crippen LogP contribution in [0, 0.1) is 0 Å². The molecule has 4 rings (SSSR count). The van der Waals surface area contributed by atoms with E-state index in [1.807, 2.05) is 5.32 Å². The van der Waals surface area contributed by atoms with Gasteiger partial charge in [-0.3, -0.25) is 13.8 Å². The third kappa shape index (κ3) is 27.1. The summed E-state index contributed by atoms with van der Waals surface area (Å²) in [6.07, 6.45) is 2.91. The minimum absolute atomic E-state index is 0. The van der Waals surface area contributed by atoms with Gasteiger partial charge in [-0.15, -0.1) is 13.2 Å². The SMILES string of the molecule is C=CCO[C@H]1O[C@@H]2COC(C)(C)O[C@H]2[C@H](O)[C@H]1NC(=O)C(F)(F)F.C=CCO[C@H]1O[C@@H]2COC(C)(C)O[C@H]2[C@H](OCCCCCCCCC)[C@H]1NC(=O)C(F)(F)F.CCCCCCCCCCOS(C)(=O)=O.[H-].[Na+]. The zero-order valence-corrected chi connectivity index (χ0v) is 46.8. The molecular formula is C48H83F6N2NaO15S. The first kappa shape index (κ1) is 69.5. The molecule has 4 aliphatic rings. The summed E-state index contributed by atoms with van der Waals surface area (Å²) in [6.45, 7) is 18.8. The Bertz CT molecular complexity index is 1710. The molecule has 25 heteroatoms. The van der Waals surface area contributed by atoms with Crippen molar-refractivity contribution in [2.24, 2.45) is 0 Å². The number of aliphatic hydroxyl groups excluding tert-OH is 1. The van der Waals surface area contributed by atoms with E-state index in [1.165, 1.54) is 69.9 Å².